The molecule has 0 bridgehead atoms. The van der Waals surface area contributed by atoms with Gasteiger partial charge in [-0.1, -0.05) is 0 Å². The Morgan fingerprint density at radius 2 is 2.50 bits per heavy atom. The van der Waals surface area contributed by atoms with Crippen molar-refractivity contribution in [1.29, 1.82) is 0 Å². The van der Waals surface area contributed by atoms with Gasteiger partial charge in [0.1, 0.15) is 6.04 Å². The highest BCUT2D eigenvalue weighted by Gasteiger charge is 2.21. The Labute approximate surface area is 72.2 Å². The minimum absolute atomic E-state index is 0.220. The van der Waals surface area contributed by atoms with Crippen LogP contribution in [-0.2, 0) is 14.3 Å². The predicted octanol–water partition coefficient (Wildman–Crippen LogP) is -0.0736. The van der Waals surface area contributed by atoms with Gasteiger partial charge in [0.05, 0.1) is 13.7 Å². The molecule has 1 heterocycles. The summed E-state index contributed by atoms with van der Waals surface area (Å²) < 4.78 is 9.74. The van der Waals surface area contributed by atoms with Crippen LogP contribution in [-0.4, -0.2) is 38.4 Å². The van der Waals surface area contributed by atoms with E-state index in [1.165, 1.54) is 7.11 Å². The van der Waals surface area contributed by atoms with Gasteiger partial charge in [-0.3, -0.25) is 10.1 Å². The quantitative estimate of drug-likeness (QED) is 0.607. The molecule has 1 aliphatic rings. The highest BCUT2D eigenvalue weighted by Crippen LogP contribution is 2.04. The van der Waals surface area contributed by atoms with Crippen LogP contribution in [0.5, 0.6) is 0 Å². The van der Waals surface area contributed by atoms with Crippen molar-refractivity contribution in [1.82, 2.24) is 5.32 Å². The number of ether oxygens (including phenoxy) is 2. The lowest BCUT2D eigenvalue weighted by molar-refractivity contribution is -0.142. The van der Waals surface area contributed by atoms with Crippen LogP contribution in [0, 0.1) is 0 Å². The van der Waals surface area contributed by atoms with Gasteiger partial charge in [-0.2, -0.15) is 0 Å². The molecule has 2 atom stereocenters. The molecule has 4 heteroatoms. The third kappa shape index (κ3) is 2.46. The second-order valence-electron chi connectivity index (χ2n) is 2.97. The van der Waals surface area contributed by atoms with Gasteiger partial charge in [0.15, 0.2) is 0 Å². The molecule has 1 N–H and O–H groups in total. The van der Waals surface area contributed by atoms with E-state index >= 15 is 0 Å². The summed E-state index contributed by atoms with van der Waals surface area (Å²) >= 11 is 0. The first-order valence-electron chi connectivity index (χ1n) is 4.15. The number of hydrogen-bond donors (Lipinski definition) is 1. The average Bonchev–Trinajstić information content (AvgIpc) is 2.55. The first-order chi connectivity index (χ1) is 5.74. The third-order valence-corrected chi connectivity index (χ3v) is 1.97. The zero-order valence-corrected chi connectivity index (χ0v) is 7.50. The lowest BCUT2D eigenvalue weighted by Gasteiger charge is -2.15. The number of rotatable bonds is 3. The zero-order valence-electron chi connectivity index (χ0n) is 7.50. The molecule has 1 aliphatic heterocycles. The van der Waals surface area contributed by atoms with E-state index in [0.717, 1.165) is 13.0 Å². The topological polar surface area (TPSA) is 47.6 Å². The number of methoxy groups -OCH3 is 1. The zero-order chi connectivity index (χ0) is 8.97. The smallest absolute Gasteiger partial charge is 0.322 e. The van der Waals surface area contributed by atoms with Crippen LogP contribution in [0.1, 0.15) is 13.3 Å². The molecule has 4 nitrogen and oxygen atoms in total. The maximum absolute atomic E-state index is 11.0. The highest BCUT2D eigenvalue weighted by atomic mass is 16.5. The van der Waals surface area contributed by atoms with Crippen LogP contribution in [0.3, 0.4) is 0 Å². The maximum Gasteiger partial charge on any atom is 0.322 e. The molecule has 1 saturated heterocycles. The molecule has 0 amide bonds. The standard InChI is InChI=1S/C8H15NO3/c1-6(8(10)11-2)9-7-3-4-12-5-7/h6-7,9H,3-5H2,1-2H3/t6-,7?/m0/s1. The van der Waals surface area contributed by atoms with E-state index in [0.29, 0.717) is 12.6 Å². The Kier molecular flexibility index (Phi) is 3.49. The largest absolute Gasteiger partial charge is 0.468 e. The van der Waals surface area contributed by atoms with Crippen molar-refractivity contribution in [2.24, 2.45) is 0 Å². The molecule has 0 spiro atoms. The van der Waals surface area contributed by atoms with Gasteiger partial charge in [-0.15, -0.1) is 0 Å². The van der Waals surface area contributed by atoms with Gasteiger partial charge in [0.2, 0.25) is 0 Å². The summed E-state index contributed by atoms with van der Waals surface area (Å²) in [7, 11) is 1.39. The molecule has 0 aromatic rings. The number of esters is 1. The summed E-state index contributed by atoms with van der Waals surface area (Å²) in [6.45, 7) is 3.27. The summed E-state index contributed by atoms with van der Waals surface area (Å²) in [5.41, 5.74) is 0. The second-order valence-corrected chi connectivity index (χ2v) is 2.97. The lowest BCUT2D eigenvalue weighted by atomic mass is 10.2. The SMILES string of the molecule is COC(=O)[C@H](C)NC1CCOC1. The molecule has 0 saturated carbocycles. The van der Waals surface area contributed by atoms with Gasteiger partial charge < -0.3 is 9.47 Å². The normalized spacial score (nSPS) is 25.3. The minimum Gasteiger partial charge on any atom is -0.468 e. The molecule has 0 radical (unpaired) electrons. The van der Waals surface area contributed by atoms with Crippen molar-refractivity contribution in [3.05, 3.63) is 0 Å². The molecular formula is C8H15NO3. The Bertz CT molecular complexity index is 154. The Balaban J connectivity index is 2.24. The Morgan fingerprint density at radius 1 is 1.75 bits per heavy atom. The van der Waals surface area contributed by atoms with Crippen LogP contribution in [0.4, 0.5) is 0 Å². The van der Waals surface area contributed by atoms with Gasteiger partial charge in [0, 0.05) is 12.6 Å². The van der Waals surface area contributed by atoms with Gasteiger partial charge >= 0.3 is 5.97 Å². The molecule has 70 valence electrons. The second kappa shape index (κ2) is 4.42. The van der Waals surface area contributed by atoms with Crippen LogP contribution in [0.15, 0.2) is 0 Å². The van der Waals surface area contributed by atoms with E-state index < -0.39 is 0 Å². The third-order valence-electron chi connectivity index (χ3n) is 1.97. The molecule has 1 fully saturated rings. The van der Waals surface area contributed by atoms with Crippen molar-refractivity contribution in [3.8, 4) is 0 Å². The summed E-state index contributed by atoms with van der Waals surface area (Å²) in [6, 6.07) is 0.0702. The first kappa shape index (κ1) is 9.48. The summed E-state index contributed by atoms with van der Waals surface area (Å²) in [5.74, 6) is -0.220. The monoisotopic (exact) mass is 173 g/mol. The molecule has 1 unspecified atom stereocenters. The van der Waals surface area contributed by atoms with Crippen molar-refractivity contribution >= 4 is 5.97 Å². The first-order valence-corrected chi connectivity index (χ1v) is 4.15. The van der Waals surface area contributed by atoms with E-state index in [1.54, 1.807) is 6.92 Å². The van der Waals surface area contributed by atoms with Crippen molar-refractivity contribution in [2.45, 2.75) is 25.4 Å². The molecular weight excluding hydrogens is 158 g/mol. The van der Waals surface area contributed by atoms with Gasteiger partial charge in [0.25, 0.3) is 0 Å². The predicted molar refractivity (Wildman–Crippen MR) is 43.8 cm³/mol. The molecule has 0 aromatic carbocycles. The average molecular weight is 173 g/mol. The number of hydrogen-bond acceptors (Lipinski definition) is 4. The molecule has 12 heavy (non-hydrogen) atoms. The van der Waals surface area contributed by atoms with E-state index in [-0.39, 0.29) is 12.0 Å². The van der Waals surface area contributed by atoms with E-state index in [4.69, 9.17) is 4.74 Å². The van der Waals surface area contributed by atoms with Crippen LogP contribution in [0.2, 0.25) is 0 Å². The molecule has 1 rings (SSSR count). The van der Waals surface area contributed by atoms with E-state index in [1.807, 2.05) is 0 Å². The van der Waals surface area contributed by atoms with Crippen LogP contribution < -0.4 is 5.32 Å². The van der Waals surface area contributed by atoms with Gasteiger partial charge in [-0.25, -0.2) is 0 Å². The van der Waals surface area contributed by atoms with Crippen LogP contribution in [0.25, 0.3) is 0 Å². The van der Waals surface area contributed by atoms with Crippen LogP contribution >= 0.6 is 0 Å². The number of nitrogens with one attached hydrogen (secondary N) is 1. The highest BCUT2D eigenvalue weighted by molar-refractivity contribution is 5.75. The van der Waals surface area contributed by atoms with Crippen molar-refractivity contribution in [2.75, 3.05) is 20.3 Å². The maximum atomic E-state index is 11.0. The molecule has 0 aromatic heterocycles. The van der Waals surface area contributed by atoms with E-state index in [2.05, 4.69) is 10.1 Å². The summed E-state index contributed by atoms with van der Waals surface area (Å²) in [5, 5.41) is 3.13. The number of carbonyl (C=O) groups is 1. The van der Waals surface area contributed by atoms with Crippen molar-refractivity contribution in [3.63, 3.8) is 0 Å². The Hall–Kier alpha value is -0.610. The summed E-state index contributed by atoms with van der Waals surface area (Å²) in [4.78, 5) is 11.0. The number of carbonyl (C=O) groups excluding carboxylic acids is 1. The fraction of sp³-hybridized carbons (Fsp3) is 0.875. The van der Waals surface area contributed by atoms with Crippen molar-refractivity contribution < 1.29 is 14.3 Å². The fourth-order valence-corrected chi connectivity index (χ4v) is 1.26. The fourth-order valence-electron chi connectivity index (χ4n) is 1.26. The van der Waals surface area contributed by atoms with E-state index in [9.17, 15) is 4.79 Å². The van der Waals surface area contributed by atoms with Gasteiger partial charge in [-0.05, 0) is 13.3 Å². The lowest BCUT2D eigenvalue weighted by Crippen LogP contribution is -2.42. The summed E-state index contributed by atoms with van der Waals surface area (Å²) in [6.07, 6.45) is 0.974. The molecule has 0 aliphatic carbocycles. The Morgan fingerprint density at radius 3 is 3.00 bits per heavy atom. The minimum atomic E-state index is -0.235.